The normalized spacial score (nSPS) is 11.3. The van der Waals surface area contributed by atoms with Crippen molar-refractivity contribution in [3.8, 4) is 11.3 Å². The average molecular weight is 366 g/mol. The average Bonchev–Trinajstić information content (AvgIpc) is 2.61. The number of rotatable bonds is 5. The van der Waals surface area contributed by atoms with Crippen LogP contribution in [0.3, 0.4) is 0 Å². The van der Waals surface area contributed by atoms with Gasteiger partial charge in [0.25, 0.3) is 0 Å². The molecule has 0 saturated heterocycles. The molecule has 0 fully saturated rings. The van der Waals surface area contributed by atoms with Crippen LogP contribution in [0.5, 0.6) is 0 Å². The summed E-state index contributed by atoms with van der Waals surface area (Å²) < 4.78 is 23.3. The van der Waals surface area contributed by atoms with Crippen LogP contribution >= 0.6 is 0 Å². The van der Waals surface area contributed by atoms with E-state index >= 15 is 0 Å². The number of hydrogen-bond donors (Lipinski definition) is 0. The van der Waals surface area contributed by atoms with Gasteiger partial charge < -0.3 is 4.90 Å². The van der Waals surface area contributed by atoms with Crippen molar-refractivity contribution in [3.63, 3.8) is 0 Å². The number of aryl methyl sites for hydroxylation is 1. The molecule has 0 amide bonds. The molecule has 3 rings (SSSR count). The van der Waals surface area contributed by atoms with E-state index in [0.29, 0.717) is 4.90 Å². The Bertz CT molecular complexity index is 998. The van der Waals surface area contributed by atoms with Gasteiger partial charge >= 0.3 is 0 Å². The Kier molecular flexibility index (Phi) is 5.09. The minimum Gasteiger partial charge on any atom is -0.355 e. The maximum absolute atomic E-state index is 11.6. The highest BCUT2D eigenvalue weighted by molar-refractivity contribution is 7.90. The largest absolute Gasteiger partial charge is 0.355 e. The molecule has 134 valence electrons. The predicted molar refractivity (Wildman–Crippen MR) is 106 cm³/mol. The lowest BCUT2D eigenvalue weighted by molar-refractivity contribution is 0.602. The van der Waals surface area contributed by atoms with Crippen molar-refractivity contribution in [1.29, 1.82) is 0 Å². The van der Waals surface area contributed by atoms with Crippen molar-refractivity contribution in [3.05, 3.63) is 77.9 Å². The second-order valence-corrected chi connectivity index (χ2v) is 8.54. The van der Waals surface area contributed by atoms with Crippen LogP contribution in [0.25, 0.3) is 11.3 Å². The number of anilines is 1. The van der Waals surface area contributed by atoms with Crippen LogP contribution in [-0.2, 0) is 16.4 Å². The minimum atomic E-state index is -3.19. The highest BCUT2D eigenvalue weighted by Gasteiger charge is 2.10. The quantitative estimate of drug-likeness (QED) is 0.682. The zero-order valence-electron chi connectivity index (χ0n) is 15.2. The molecule has 3 aromatic rings. The summed E-state index contributed by atoms with van der Waals surface area (Å²) in [5, 5.41) is 0. The number of benzene rings is 2. The first-order chi connectivity index (χ1) is 12.3. The lowest BCUT2D eigenvalue weighted by atomic mass is 10.1. The highest BCUT2D eigenvalue weighted by atomic mass is 32.2. The molecule has 0 N–H and O–H groups in total. The molecule has 0 saturated carbocycles. The number of aromatic nitrogens is 1. The van der Waals surface area contributed by atoms with E-state index < -0.39 is 9.84 Å². The van der Waals surface area contributed by atoms with Gasteiger partial charge in [-0.1, -0.05) is 42.5 Å². The standard InChI is InChI=1S/C21H22N2O2S/c1-16-13-20(18-9-11-19(12-10-18)26(3,24)25)22-21(14-16)23(2)15-17-7-5-4-6-8-17/h4-14H,15H2,1-3H3. The lowest BCUT2D eigenvalue weighted by Gasteiger charge is -2.20. The van der Waals surface area contributed by atoms with Crippen LogP contribution in [-0.4, -0.2) is 26.7 Å². The predicted octanol–water partition coefficient (Wildman–Crippen LogP) is 4.10. The fraction of sp³-hybridized carbons (Fsp3) is 0.190. The number of sulfone groups is 1. The van der Waals surface area contributed by atoms with Gasteiger partial charge in [-0.2, -0.15) is 0 Å². The van der Waals surface area contributed by atoms with Gasteiger partial charge in [0.2, 0.25) is 0 Å². The van der Waals surface area contributed by atoms with E-state index in [1.807, 2.05) is 38.2 Å². The van der Waals surface area contributed by atoms with E-state index in [2.05, 4.69) is 23.1 Å². The Morgan fingerprint density at radius 1 is 0.962 bits per heavy atom. The van der Waals surface area contributed by atoms with E-state index in [1.54, 1.807) is 24.3 Å². The summed E-state index contributed by atoms with van der Waals surface area (Å²) in [6.07, 6.45) is 1.21. The van der Waals surface area contributed by atoms with Crippen LogP contribution in [0.15, 0.2) is 71.6 Å². The smallest absolute Gasteiger partial charge is 0.175 e. The highest BCUT2D eigenvalue weighted by Crippen LogP contribution is 2.24. The zero-order valence-corrected chi connectivity index (χ0v) is 16.0. The maximum Gasteiger partial charge on any atom is 0.175 e. The van der Waals surface area contributed by atoms with E-state index in [9.17, 15) is 8.42 Å². The first-order valence-electron chi connectivity index (χ1n) is 8.37. The Morgan fingerprint density at radius 2 is 1.62 bits per heavy atom. The fourth-order valence-corrected chi connectivity index (χ4v) is 3.43. The van der Waals surface area contributed by atoms with Crippen LogP contribution < -0.4 is 4.90 Å². The summed E-state index contributed by atoms with van der Waals surface area (Å²) in [5.41, 5.74) is 4.06. The van der Waals surface area contributed by atoms with E-state index in [1.165, 1.54) is 11.8 Å². The summed E-state index contributed by atoms with van der Waals surface area (Å²) in [7, 11) is -1.18. The molecule has 0 aliphatic rings. The van der Waals surface area contributed by atoms with E-state index in [0.717, 1.165) is 29.2 Å². The second-order valence-electron chi connectivity index (χ2n) is 6.53. The fourth-order valence-electron chi connectivity index (χ4n) is 2.80. The molecule has 0 radical (unpaired) electrons. The molecule has 0 aliphatic heterocycles. The molecular weight excluding hydrogens is 344 g/mol. The van der Waals surface area contributed by atoms with Crippen molar-refractivity contribution < 1.29 is 8.42 Å². The summed E-state index contributed by atoms with van der Waals surface area (Å²) >= 11 is 0. The van der Waals surface area contributed by atoms with Crippen LogP contribution in [0, 0.1) is 6.92 Å². The van der Waals surface area contributed by atoms with Gasteiger partial charge in [0.05, 0.1) is 10.6 Å². The van der Waals surface area contributed by atoms with Crippen molar-refractivity contribution in [2.24, 2.45) is 0 Å². The third-order valence-electron chi connectivity index (χ3n) is 4.19. The molecule has 1 aromatic heterocycles. The van der Waals surface area contributed by atoms with E-state index in [-0.39, 0.29) is 0 Å². The number of pyridine rings is 1. The molecule has 0 bridgehead atoms. The molecule has 0 atom stereocenters. The Labute approximate surface area is 155 Å². The summed E-state index contributed by atoms with van der Waals surface area (Å²) in [5.74, 6) is 0.885. The van der Waals surface area contributed by atoms with Crippen molar-refractivity contribution in [2.75, 3.05) is 18.2 Å². The molecule has 26 heavy (non-hydrogen) atoms. The minimum absolute atomic E-state index is 0.315. The van der Waals surface area contributed by atoms with Gasteiger partial charge in [0.1, 0.15) is 5.82 Å². The van der Waals surface area contributed by atoms with Crippen LogP contribution in [0.4, 0.5) is 5.82 Å². The Balaban J connectivity index is 1.90. The first-order valence-corrected chi connectivity index (χ1v) is 10.3. The molecule has 2 aromatic carbocycles. The van der Waals surface area contributed by atoms with Crippen LogP contribution in [0.2, 0.25) is 0 Å². The van der Waals surface area contributed by atoms with Crippen molar-refractivity contribution in [1.82, 2.24) is 4.98 Å². The van der Waals surface area contributed by atoms with E-state index in [4.69, 9.17) is 4.98 Å². The summed E-state index contributed by atoms with van der Waals surface area (Å²) in [6.45, 7) is 2.81. The Morgan fingerprint density at radius 3 is 2.23 bits per heavy atom. The van der Waals surface area contributed by atoms with Crippen molar-refractivity contribution in [2.45, 2.75) is 18.4 Å². The SMILES string of the molecule is Cc1cc(-c2ccc(S(C)(=O)=O)cc2)nc(N(C)Cc2ccccc2)c1. The zero-order chi connectivity index (χ0) is 18.7. The van der Waals surface area contributed by atoms with Crippen LogP contribution in [0.1, 0.15) is 11.1 Å². The summed E-state index contributed by atoms with van der Waals surface area (Å²) in [6, 6.07) is 21.2. The number of nitrogens with zero attached hydrogens (tertiary/aromatic N) is 2. The van der Waals surface area contributed by atoms with Gasteiger partial charge in [-0.25, -0.2) is 13.4 Å². The molecule has 0 aliphatic carbocycles. The molecule has 0 unspecified atom stereocenters. The van der Waals surface area contributed by atoms with Gasteiger partial charge in [-0.15, -0.1) is 0 Å². The first kappa shape index (κ1) is 18.1. The molecule has 4 nitrogen and oxygen atoms in total. The Hall–Kier alpha value is -2.66. The summed E-state index contributed by atoms with van der Waals surface area (Å²) in [4.78, 5) is 7.19. The monoisotopic (exact) mass is 366 g/mol. The van der Waals surface area contributed by atoms with Gasteiger partial charge in [0, 0.05) is 25.4 Å². The second kappa shape index (κ2) is 7.30. The topological polar surface area (TPSA) is 50.3 Å². The lowest BCUT2D eigenvalue weighted by Crippen LogP contribution is -2.18. The third-order valence-corrected chi connectivity index (χ3v) is 5.32. The van der Waals surface area contributed by atoms with Gasteiger partial charge in [0.15, 0.2) is 9.84 Å². The van der Waals surface area contributed by atoms with Gasteiger partial charge in [-0.3, -0.25) is 0 Å². The maximum atomic E-state index is 11.6. The van der Waals surface area contributed by atoms with Gasteiger partial charge in [-0.05, 0) is 42.3 Å². The van der Waals surface area contributed by atoms with Crippen molar-refractivity contribution >= 4 is 15.7 Å². The number of hydrogen-bond acceptors (Lipinski definition) is 4. The molecule has 5 heteroatoms. The third kappa shape index (κ3) is 4.29. The molecular formula is C21H22N2O2S. The molecule has 1 heterocycles. The molecule has 0 spiro atoms.